The third kappa shape index (κ3) is 3.92. The van der Waals surface area contributed by atoms with E-state index in [1.54, 1.807) is 6.07 Å². The van der Waals surface area contributed by atoms with Crippen molar-refractivity contribution >= 4 is 54.9 Å². The molecular formula is C13H12Br2N4O2. The third-order valence-electron chi connectivity index (χ3n) is 2.61. The van der Waals surface area contributed by atoms with Crippen molar-refractivity contribution in [3.8, 4) is 0 Å². The minimum absolute atomic E-state index is 0.0801. The first-order valence-electron chi connectivity index (χ1n) is 6.12. The van der Waals surface area contributed by atoms with E-state index in [1.165, 1.54) is 6.07 Å². The van der Waals surface area contributed by atoms with Crippen LogP contribution in [0, 0.1) is 10.1 Å². The summed E-state index contributed by atoms with van der Waals surface area (Å²) < 4.78 is 1.65. The van der Waals surface area contributed by atoms with Gasteiger partial charge in [-0.15, -0.1) is 0 Å². The average molecular weight is 416 g/mol. The van der Waals surface area contributed by atoms with Crippen LogP contribution in [0.25, 0.3) is 0 Å². The van der Waals surface area contributed by atoms with Crippen LogP contribution in [0.2, 0.25) is 0 Å². The molecule has 21 heavy (non-hydrogen) atoms. The molecule has 8 heteroatoms. The van der Waals surface area contributed by atoms with Crippen LogP contribution in [0.3, 0.4) is 0 Å². The summed E-state index contributed by atoms with van der Waals surface area (Å²) in [6.45, 7) is 2.62. The Morgan fingerprint density at radius 2 is 2.05 bits per heavy atom. The molecule has 110 valence electrons. The van der Waals surface area contributed by atoms with Crippen LogP contribution in [0.4, 0.5) is 23.0 Å². The summed E-state index contributed by atoms with van der Waals surface area (Å²) in [5, 5.41) is 17.1. The zero-order valence-electron chi connectivity index (χ0n) is 11.1. The molecule has 2 aromatic rings. The second-order valence-electron chi connectivity index (χ2n) is 4.10. The first-order valence-corrected chi connectivity index (χ1v) is 7.71. The van der Waals surface area contributed by atoms with E-state index in [9.17, 15) is 10.1 Å². The second-order valence-corrected chi connectivity index (χ2v) is 5.87. The summed E-state index contributed by atoms with van der Waals surface area (Å²) >= 11 is 6.77. The lowest BCUT2D eigenvalue weighted by molar-refractivity contribution is -0.384. The Hall–Kier alpha value is -1.67. The van der Waals surface area contributed by atoms with Gasteiger partial charge in [-0.25, -0.2) is 4.98 Å². The molecule has 0 aliphatic heterocycles. The largest absolute Gasteiger partial charge is 0.370 e. The van der Waals surface area contributed by atoms with Gasteiger partial charge in [-0.2, -0.15) is 0 Å². The number of halogens is 2. The number of aromatic nitrogens is 1. The third-order valence-corrected chi connectivity index (χ3v) is 3.79. The van der Waals surface area contributed by atoms with Crippen molar-refractivity contribution in [3.05, 3.63) is 49.4 Å². The maximum Gasteiger partial charge on any atom is 0.311 e. The highest BCUT2D eigenvalue weighted by Crippen LogP contribution is 2.32. The zero-order chi connectivity index (χ0) is 15.4. The van der Waals surface area contributed by atoms with Gasteiger partial charge in [0, 0.05) is 21.6 Å². The quantitative estimate of drug-likeness (QED) is 0.546. The van der Waals surface area contributed by atoms with Crippen LogP contribution in [0.15, 0.2) is 39.3 Å². The van der Waals surface area contributed by atoms with E-state index in [4.69, 9.17) is 0 Å². The Bertz CT molecular complexity index is 679. The fourth-order valence-electron chi connectivity index (χ4n) is 1.69. The van der Waals surface area contributed by atoms with Crippen LogP contribution in [-0.4, -0.2) is 16.5 Å². The summed E-state index contributed by atoms with van der Waals surface area (Å²) in [5.41, 5.74) is 0.608. The van der Waals surface area contributed by atoms with Crippen LogP contribution in [0.5, 0.6) is 0 Å². The number of nitro groups is 1. The maximum absolute atomic E-state index is 11.1. The Labute approximate surface area is 138 Å². The predicted octanol–water partition coefficient (Wildman–Crippen LogP) is 4.69. The standard InChI is InChI=1S/C13H12Br2N4O2/c1-2-16-12-6-5-11(19(20)21)13(18-12)17-10-7-8(14)3-4-9(10)15/h3-7H,2H2,1H3,(H2,16,17,18). The summed E-state index contributed by atoms with van der Waals surface area (Å²) in [7, 11) is 0. The lowest BCUT2D eigenvalue weighted by Crippen LogP contribution is -2.04. The Kier molecular flexibility index (Phi) is 5.13. The van der Waals surface area contributed by atoms with Crippen LogP contribution >= 0.6 is 31.9 Å². The summed E-state index contributed by atoms with van der Waals surface area (Å²) in [5.74, 6) is 0.772. The Balaban J connectivity index is 2.43. The molecular weight excluding hydrogens is 404 g/mol. The van der Waals surface area contributed by atoms with Crippen molar-refractivity contribution < 1.29 is 4.92 Å². The molecule has 0 fully saturated rings. The number of anilines is 3. The first kappa shape index (κ1) is 15.7. The van der Waals surface area contributed by atoms with E-state index in [0.29, 0.717) is 18.1 Å². The predicted molar refractivity (Wildman–Crippen MR) is 90.2 cm³/mol. The monoisotopic (exact) mass is 414 g/mol. The number of benzene rings is 1. The molecule has 0 saturated carbocycles. The van der Waals surface area contributed by atoms with E-state index in [-0.39, 0.29) is 11.5 Å². The lowest BCUT2D eigenvalue weighted by Gasteiger charge is -2.10. The topological polar surface area (TPSA) is 80.1 Å². The lowest BCUT2D eigenvalue weighted by atomic mass is 10.3. The van der Waals surface area contributed by atoms with Crippen LogP contribution in [-0.2, 0) is 0 Å². The van der Waals surface area contributed by atoms with Crippen molar-refractivity contribution in [1.82, 2.24) is 4.98 Å². The van der Waals surface area contributed by atoms with Gasteiger partial charge in [0.1, 0.15) is 5.82 Å². The van der Waals surface area contributed by atoms with Gasteiger partial charge in [0.15, 0.2) is 0 Å². The van der Waals surface area contributed by atoms with Gasteiger partial charge in [-0.05, 0) is 47.1 Å². The second kappa shape index (κ2) is 6.86. The van der Waals surface area contributed by atoms with E-state index >= 15 is 0 Å². The molecule has 0 unspecified atom stereocenters. The molecule has 1 aromatic carbocycles. The van der Waals surface area contributed by atoms with Gasteiger partial charge in [0.25, 0.3) is 0 Å². The van der Waals surface area contributed by atoms with Crippen LogP contribution in [0.1, 0.15) is 6.92 Å². The molecule has 2 N–H and O–H groups in total. The smallest absolute Gasteiger partial charge is 0.311 e. The highest BCUT2D eigenvalue weighted by Gasteiger charge is 2.17. The fourth-order valence-corrected chi connectivity index (χ4v) is 2.40. The maximum atomic E-state index is 11.1. The molecule has 0 amide bonds. The summed E-state index contributed by atoms with van der Waals surface area (Å²) in [6.07, 6.45) is 0. The van der Waals surface area contributed by atoms with Crippen molar-refractivity contribution in [3.63, 3.8) is 0 Å². The minimum atomic E-state index is -0.461. The zero-order valence-corrected chi connectivity index (χ0v) is 14.2. The van der Waals surface area contributed by atoms with Gasteiger partial charge < -0.3 is 10.6 Å². The number of hydrogen-bond acceptors (Lipinski definition) is 5. The number of rotatable bonds is 5. The molecule has 0 radical (unpaired) electrons. The van der Waals surface area contributed by atoms with Gasteiger partial charge in [-0.1, -0.05) is 15.9 Å². The average Bonchev–Trinajstić information content (AvgIpc) is 2.43. The van der Waals surface area contributed by atoms with E-state index < -0.39 is 4.92 Å². The molecule has 0 aliphatic rings. The number of pyridine rings is 1. The van der Waals surface area contributed by atoms with Crippen molar-refractivity contribution in [1.29, 1.82) is 0 Å². The highest BCUT2D eigenvalue weighted by molar-refractivity contribution is 9.11. The van der Waals surface area contributed by atoms with Crippen LogP contribution < -0.4 is 10.6 Å². The molecule has 6 nitrogen and oxygen atoms in total. The molecule has 2 rings (SSSR count). The fraction of sp³-hybridized carbons (Fsp3) is 0.154. The van der Waals surface area contributed by atoms with Gasteiger partial charge in [0.2, 0.25) is 5.82 Å². The van der Waals surface area contributed by atoms with Gasteiger partial charge in [-0.3, -0.25) is 10.1 Å². The van der Waals surface area contributed by atoms with E-state index in [1.807, 2.05) is 25.1 Å². The molecule has 0 saturated heterocycles. The Morgan fingerprint density at radius 3 is 2.71 bits per heavy atom. The number of nitrogens with zero attached hydrogens (tertiary/aromatic N) is 2. The van der Waals surface area contributed by atoms with Crippen molar-refractivity contribution in [2.75, 3.05) is 17.2 Å². The van der Waals surface area contributed by atoms with Gasteiger partial charge in [0.05, 0.1) is 10.6 Å². The number of hydrogen-bond donors (Lipinski definition) is 2. The molecule has 0 spiro atoms. The minimum Gasteiger partial charge on any atom is -0.370 e. The molecule has 0 bridgehead atoms. The van der Waals surface area contributed by atoms with E-state index in [2.05, 4.69) is 47.5 Å². The molecule has 1 heterocycles. The molecule has 0 atom stereocenters. The van der Waals surface area contributed by atoms with Gasteiger partial charge >= 0.3 is 5.69 Å². The number of nitrogens with one attached hydrogen (secondary N) is 2. The van der Waals surface area contributed by atoms with Crippen molar-refractivity contribution in [2.24, 2.45) is 0 Å². The molecule has 1 aromatic heterocycles. The Morgan fingerprint density at radius 1 is 1.29 bits per heavy atom. The van der Waals surface area contributed by atoms with E-state index in [0.717, 1.165) is 8.95 Å². The SMILES string of the molecule is CCNc1ccc([N+](=O)[O-])c(Nc2cc(Br)ccc2Br)n1. The molecule has 0 aliphatic carbocycles. The first-order chi connectivity index (χ1) is 10.0. The summed E-state index contributed by atoms with van der Waals surface area (Å²) in [4.78, 5) is 14.9. The highest BCUT2D eigenvalue weighted by atomic mass is 79.9. The van der Waals surface area contributed by atoms with Crippen molar-refractivity contribution in [2.45, 2.75) is 6.92 Å². The normalized spacial score (nSPS) is 10.2. The summed E-state index contributed by atoms with van der Waals surface area (Å²) in [6, 6.07) is 8.54.